The molecular formula is C19H37N. The summed E-state index contributed by atoms with van der Waals surface area (Å²) in [5, 5.41) is 4.03. The number of rotatable bonds is 1. The lowest BCUT2D eigenvalue weighted by molar-refractivity contribution is 0.223. The van der Waals surface area contributed by atoms with Gasteiger partial charge in [0.25, 0.3) is 0 Å². The lowest BCUT2D eigenvalue weighted by Crippen LogP contribution is -2.40. The molecule has 1 aliphatic carbocycles. The number of nitrogens with one attached hydrogen (secondary N) is 1. The second-order valence-electron chi connectivity index (χ2n) is 8.39. The maximum Gasteiger partial charge on any atom is 0.0133 e. The SMILES string of the molecule is CC[C@H]1NC2C(C)C2C(C)C(C)C[C@@H](C)CC(C)C1C. The monoisotopic (exact) mass is 279 g/mol. The molecule has 118 valence electrons. The van der Waals surface area contributed by atoms with Crippen molar-refractivity contribution in [1.82, 2.24) is 5.32 Å². The van der Waals surface area contributed by atoms with Gasteiger partial charge in [-0.25, -0.2) is 0 Å². The minimum Gasteiger partial charge on any atom is -0.310 e. The fraction of sp³-hybridized carbons (Fsp3) is 1.00. The van der Waals surface area contributed by atoms with Crippen LogP contribution in [0.1, 0.15) is 67.7 Å². The van der Waals surface area contributed by atoms with E-state index in [1.807, 2.05) is 0 Å². The first-order valence-corrected chi connectivity index (χ1v) is 9.12. The first-order chi connectivity index (χ1) is 9.36. The average molecular weight is 280 g/mol. The van der Waals surface area contributed by atoms with E-state index in [0.29, 0.717) is 0 Å². The third-order valence-electron chi connectivity index (χ3n) is 6.88. The molecule has 1 heteroatoms. The van der Waals surface area contributed by atoms with Gasteiger partial charge in [0.1, 0.15) is 0 Å². The topological polar surface area (TPSA) is 12.0 Å². The van der Waals surface area contributed by atoms with Crippen LogP contribution in [0.25, 0.3) is 0 Å². The molecule has 2 rings (SSSR count). The molecule has 20 heavy (non-hydrogen) atoms. The van der Waals surface area contributed by atoms with Crippen molar-refractivity contribution in [3.05, 3.63) is 0 Å². The van der Waals surface area contributed by atoms with Crippen molar-refractivity contribution in [2.45, 2.75) is 79.8 Å². The highest BCUT2D eigenvalue weighted by Crippen LogP contribution is 2.49. The Hall–Kier alpha value is -0.0400. The zero-order valence-electron chi connectivity index (χ0n) is 14.8. The van der Waals surface area contributed by atoms with Gasteiger partial charge in [-0.2, -0.15) is 0 Å². The number of fused-ring (bicyclic) bond motifs is 1. The summed E-state index contributed by atoms with van der Waals surface area (Å²) in [7, 11) is 0. The number of hydrogen-bond acceptors (Lipinski definition) is 1. The van der Waals surface area contributed by atoms with Gasteiger partial charge in [0.15, 0.2) is 0 Å². The lowest BCUT2D eigenvalue weighted by atomic mass is 9.78. The normalized spacial score (nSPS) is 53.9. The van der Waals surface area contributed by atoms with Crippen LogP contribution in [0, 0.1) is 41.4 Å². The highest BCUT2D eigenvalue weighted by Gasteiger charge is 2.51. The van der Waals surface area contributed by atoms with Crippen LogP contribution in [0.15, 0.2) is 0 Å². The molecule has 0 amide bonds. The van der Waals surface area contributed by atoms with E-state index in [9.17, 15) is 0 Å². The van der Waals surface area contributed by atoms with Gasteiger partial charge in [-0.1, -0.05) is 48.5 Å². The van der Waals surface area contributed by atoms with Gasteiger partial charge in [-0.05, 0) is 60.7 Å². The second-order valence-corrected chi connectivity index (χ2v) is 8.39. The minimum absolute atomic E-state index is 0.718. The summed E-state index contributed by atoms with van der Waals surface area (Å²) in [6.45, 7) is 17.3. The highest BCUT2D eigenvalue weighted by molar-refractivity contribution is 5.05. The van der Waals surface area contributed by atoms with E-state index >= 15 is 0 Å². The van der Waals surface area contributed by atoms with Crippen molar-refractivity contribution < 1.29 is 0 Å². The van der Waals surface area contributed by atoms with Gasteiger partial charge in [0.05, 0.1) is 0 Å². The van der Waals surface area contributed by atoms with E-state index in [1.54, 1.807) is 0 Å². The van der Waals surface area contributed by atoms with Gasteiger partial charge in [0.2, 0.25) is 0 Å². The van der Waals surface area contributed by atoms with Crippen molar-refractivity contribution in [3.8, 4) is 0 Å². The Balaban J connectivity index is 2.15. The Kier molecular flexibility index (Phi) is 5.21. The molecule has 0 spiro atoms. The molecular weight excluding hydrogens is 242 g/mol. The van der Waals surface area contributed by atoms with Crippen LogP contribution in [0.3, 0.4) is 0 Å². The van der Waals surface area contributed by atoms with Crippen LogP contribution in [0.4, 0.5) is 0 Å². The van der Waals surface area contributed by atoms with Crippen molar-refractivity contribution in [2.75, 3.05) is 0 Å². The van der Waals surface area contributed by atoms with Crippen LogP contribution in [0.5, 0.6) is 0 Å². The largest absolute Gasteiger partial charge is 0.310 e. The van der Waals surface area contributed by atoms with E-state index in [1.165, 1.54) is 19.3 Å². The fourth-order valence-electron chi connectivity index (χ4n) is 5.02. The summed E-state index contributed by atoms with van der Waals surface area (Å²) in [5.41, 5.74) is 0. The quantitative estimate of drug-likeness (QED) is 0.715. The van der Waals surface area contributed by atoms with E-state index in [4.69, 9.17) is 0 Å². The van der Waals surface area contributed by atoms with Crippen molar-refractivity contribution in [1.29, 1.82) is 0 Å². The maximum atomic E-state index is 4.03. The van der Waals surface area contributed by atoms with Crippen LogP contribution in [0.2, 0.25) is 0 Å². The Morgan fingerprint density at radius 2 is 1.35 bits per heavy atom. The molecule has 1 nitrogen and oxygen atoms in total. The number of hydrogen-bond donors (Lipinski definition) is 1. The second kappa shape index (κ2) is 6.38. The van der Waals surface area contributed by atoms with Crippen LogP contribution >= 0.6 is 0 Å². The summed E-state index contributed by atoms with van der Waals surface area (Å²) in [6, 6.07) is 1.51. The summed E-state index contributed by atoms with van der Waals surface area (Å²) in [4.78, 5) is 0. The predicted octanol–water partition coefficient (Wildman–Crippen LogP) is 4.96. The summed E-state index contributed by atoms with van der Waals surface area (Å²) >= 11 is 0. The van der Waals surface area contributed by atoms with Crippen LogP contribution < -0.4 is 5.32 Å². The Morgan fingerprint density at radius 3 is 1.90 bits per heavy atom. The molecule has 1 N–H and O–H groups in total. The first-order valence-electron chi connectivity index (χ1n) is 9.12. The highest BCUT2D eigenvalue weighted by atomic mass is 15.0. The van der Waals surface area contributed by atoms with Crippen LogP contribution in [-0.2, 0) is 0 Å². The van der Waals surface area contributed by atoms with Gasteiger partial charge in [-0.3, -0.25) is 0 Å². The molecule has 2 fully saturated rings. The predicted molar refractivity (Wildman–Crippen MR) is 88.7 cm³/mol. The molecule has 1 saturated carbocycles. The third-order valence-corrected chi connectivity index (χ3v) is 6.88. The fourth-order valence-corrected chi connectivity index (χ4v) is 5.02. The Bertz CT molecular complexity index is 311. The first kappa shape index (κ1) is 16.3. The molecule has 7 unspecified atom stereocenters. The molecule has 0 radical (unpaired) electrons. The van der Waals surface area contributed by atoms with Gasteiger partial charge < -0.3 is 5.32 Å². The molecule has 0 aromatic heterocycles. The smallest absolute Gasteiger partial charge is 0.0133 e. The summed E-state index contributed by atoms with van der Waals surface area (Å²) in [5.74, 6) is 6.10. The Labute approximate surface area is 127 Å². The Morgan fingerprint density at radius 1 is 0.800 bits per heavy atom. The zero-order chi connectivity index (χ0) is 15.0. The molecule has 0 aromatic rings. The maximum absolute atomic E-state index is 4.03. The molecule has 0 aromatic carbocycles. The lowest BCUT2D eigenvalue weighted by Gasteiger charge is -2.31. The van der Waals surface area contributed by atoms with Gasteiger partial charge in [0, 0.05) is 12.1 Å². The molecule has 9 atom stereocenters. The average Bonchev–Trinajstić information content (AvgIpc) is 3.02. The molecule has 2 aliphatic rings. The minimum atomic E-state index is 0.718. The zero-order valence-corrected chi connectivity index (χ0v) is 14.8. The van der Waals surface area contributed by atoms with E-state index in [2.05, 4.69) is 53.8 Å². The van der Waals surface area contributed by atoms with Crippen molar-refractivity contribution >= 4 is 0 Å². The summed E-state index contributed by atoms with van der Waals surface area (Å²) in [6.07, 6.45) is 4.10. The third kappa shape index (κ3) is 3.24. The van der Waals surface area contributed by atoms with Crippen LogP contribution in [-0.4, -0.2) is 12.1 Å². The molecule has 1 heterocycles. The standard InChI is InChI=1S/C19H37N/c1-8-17-14(5)12(3)9-11(2)10-13(4)15(6)18-16(7)19(18)20-17/h11-20H,8-10H2,1-7H3/t11-,12?,13?,14?,15?,16?,17+,18?,19?/m0/s1. The summed E-state index contributed by atoms with van der Waals surface area (Å²) < 4.78 is 0. The van der Waals surface area contributed by atoms with E-state index in [-0.39, 0.29) is 0 Å². The van der Waals surface area contributed by atoms with Gasteiger partial charge in [-0.15, -0.1) is 0 Å². The van der Waals surface area contributed by atoms with Crippen molar-refractivity contribution in [3.63, 3.8) is 0 Å². The molecule has 1 aliphatic heterocycles. The van der Waals surface area contributed by atoms with E-state index < -0.39 is 0 Å². The van der Waals surface area contributed by atoms with Crippen molar-refractivity contribution in [2.24, 2.45) is 41.4 Å². The molecule has 1 saturated heterocycles. The van der Waals surface area contributed by atoms with Gasteiger partial charge >= 0.3 is 0 Å². The van der Waals surface area contributed by atoms with E-state index in [0.717, 1.165) is 53.5 Å². The molecule has 0 bridgehead atoms.